The van der Waals surface area contributed by atoms with Crippen molar-refractivity contribution in [2.45, 2.75) is 12.5 Å². The predicted molar refractivity (Wildman–Crippen MR) is 74.5 cm³/mol. The van der Waals surface area contributed by atoms with Gasteiger partial charge in [-0.05, 0) is 30.2 Å². The Morgan fingerprint density at radius 2 is 2.28 bits per heavy atom. The summed E-state index contributed by atoms with van der Waals surface area (Å²) >= 11 is 3.46. The summed E-state index contributed by atoms with van der Waals surface area (Å²) in [6.45, 7) is 0. The number of aryl methyl sites for hydroxylation is 1. The molecule has 0 amide bonds. The zero-order valence-corrected chi connectivity index (χ0v) is 12.0. The summed E-state index contributed by atoms with van der Waals surface area (Å²) in [6.07, 6.45) is 4.34. The van der Waals surface area contributed by atoms with Crippen molar-refractivity contribution < 1.29 is 4.74 Å². The van der Waals surface area contributed by atoms with Crippen LogP contribution in [0.4, 0.5) is 0 Å². The van der Waals surface area contributed by atoms with E-state index in [0.29, 0.717) is 6.42 Å². The largest absolute Gasteiger partial charge is 0.496 e. The van der Waals surface area contributed by atoms with Crippen LogP contribution in [0.25, 0.3) is 0 Å². The number of halogens is 1. The standard InChI is InChI=1S/C13H16BrN3O/c1-17-6-5-16-13(17)11(15)8-9-7-10(14)3-4-12(9)18-2/h3-7,11H,8,15H2,1-2H3. The Bertz CT molecular complexity index is 539. The molecule has 18 heavy (non-hydrogen) atoms. The molecule has 1 unspecified atom stereocenters. The minimum atomic E-state index is -0.145. The van der Waals surface area contributed by atoms with Gasteiger partial charge in [0.25, 0.3) is 0 Å². The van der Waals surface area contributed by atoms with Gasteiger partial charge in [0, 0.05) is 23.9 Å². The molecule has 2 aromatic rings. The number of nitrogens with zero attached hydrogens (tertiary/aromatic N) is 2. The molecule has 0 fully saturated rings. The first-order chi connectivity index (χ1) is 8.61. The van der Waals surface area contributed by atoms with E-state index in [0.717, 1.165) is 21.6 Å². The summed E-state index contributed by atoms with van der Waals surface area (Å²) < 4.78 is 8.30. The summed E-state index contributed by atoms with van der Waals surface area (Å²) in [5.41, 5.74) is 7.26. The highest BCUT2D eigenvalue weighted by Gasteiger charge is 2.14. The van der Waals surface area contributed by atoms with Gasteiger partial charge in [-0.25, -0.2) is 4.98 Å². The zero-order chi connectivity index (χ0) is 13.1. The van der Waals surface area contributed by atoms with Crippen LogP contribution in [0.15, 0.2) is 35.1 Å². The maximum absolute atomic E-state index is 6.19. The van der Waals surface area contributed by atoms with Gasteiger partial charge in [-0.3, -0.25) is 0 Å². The lowest BCUT2D eigenvalue weighted by Gasteiger charge is -2.14. The third-order valence-electron chi connectivity index (χ3n) is 2.87. The molecule has 0 saturated carbocycles. The normalized spacial score (nSPS) is 12.4. The molecule has 4 nitrogen and oxygen atoms in total. The van der Waals surface area contributed by atoms with E-state index in [4.69, 9.17) is 10.5 Å². The number of nitrogens with two attached hydrogens (primary N) is 1. The first-order valence-electron chi connectivity index (χ1n) is 5.67. The van der Waals surface area contributed by atoms with Gasteiger partial charge in [-0.15, -0.1) is 0 Å². The van der Waals surface area contributed by atoms with Crippen LogP contribution in [0, 0.1) is 0 Å². The minimum absolute atomic E-state index is 0.145. The van der Waals surface area contributed by atoms with Crippen LogP contribution in [0.3, 0.4) is 0 Å². The number of imidazole rings is 1. The van der Waals surface area contributed by atoms with Gasteiger partial charge < -0.3 is 15.0 Å². The molecule has 0 spiro atoms. The fourth-order valence-corrected chi connectivity index (χ4v) is 2.38. The van der Waals surface area contributed by atoms with Crippen LogP contribution in [-0.2, 0) is 13.5 Å². The van der Waals surface area contributed by atoms with E-state index in [1.807, 2.05) is 36.0 Å². The number of benzene rings is 1. The van der Waals surface area contributed by atoms with E-state index in [1.165, 1.54) is 0 Å². The Labute approximate surface area is 115 Å². The van der Waals surface area contributed by atoms with Crippen molar-refractivity contribution in [1.29, 1.82) is 0 Å². The molecule has 2 N–H and O–H groups in total. The molecular formula is C13H16BrN3O. The van der Waals surface area contributed by atoms with Crippen molar-refractivity contribution in [3.8, 4) is 5.75 Å². The lowest BCUT2D eigenvalue weighted by Crippen LogP contribution is -2.18. The topological polar surface area (TPSA) is 53.1 Å². The molecule has 1 aromatic carbocycles. The Hall–Kier alpha value is -1.33. The first kappa shape index (κ1) is 13.1. The van der Waals surface area contributed by atoms with Crippen LogP contribution in [0.2, 0.25) is 0 Å². The van der Waals surface area contributed by atoms with Crippen LogP contribution < -0.4 is 10.5 Å². The molecule has 1 heterocycles. The third-order valence-corrected chi connectivity index (χ3v) is 3.37. The number of methoxy groups -OCH3 is 1. The van der Waals surface area contributed by atoms with Gasteiger partial charge in [0.15, 0.2) is 0 Å². The molecule has 0 radical (unpaired) electrons. The van der Waals surface area contributed by atoms with Crippen LogP contribution in [0.5, 0.6) is 5.75 Å². The SMILES string of the molecule is COc1ccc(Br)cc1CC(N)c1nccn1C. The Morgan fingerprint density at radius 3 is 2.89 bits per heavy atom. The fourth-order valence-electron chi connectivity index (χ4n) is 1.97. The molecule has 96 valence electrons. The lowest BCUT2D eigenvalue weighted by molar-refractivity contribution is 0.407. The maximum Gasteiger partial charge on any atom is 0.125 e. The maximum atomic E-state index is 6.19. The highest BCUT2D eigenvalue weighted by Crippen LogP contribution is 2.26. The first-order valence-corrected chi connectivity index (χ1v) is 6.46. The van der Waals surface area contributed by atoms with Crippen molar-refractivity contribution in [1.82, 2.24) is 9.55 Å². The number of hydrogen-bond acceptors (Lipinski definition) is 3. The highest BCUT2D eigenvalue weighted by atomic mass is 79.9. The van der Waals surface area contributed by atoms with Gasteiger partial charge in [0.2, 0.25) is 0 Å². The summed E-state index contributed by atoms with van der Waals surface area (Å²) in [5.74, 6) is 1.72. The number of aromatic nitrogens is 2. The second-order valence-corrected chi connectivity index (χ2v) is 5.08. The smallest absolute Gasteiger partial charge is 0.125 e. The van der Waals surface area contributed by atoms with Gasteiger partial charge in [-0.2, -0.15) is 0 Å². The Morgan fingerprint density at radius 1 is 1.50 bits per heavy atom. The summed E-state index contributed by atoms with van der Waals surface area (Å²) in [6, 6.07) is 5.77. The monoisotopic (exact) mass is 309 g/mol. The molecule has 0 aliphatic rings. The van der Waals surface area contributed by atoms with Gasteiger partial charge in [-0.1, -0.05) is 15.9 Å². The van der Waals surface area contributed by atoms with Crippen molar-refractivity contribution in [3.05, 3.63) is 46.5 Å². The van der Waals surface area contributed by atoms with E-state index in [1.54, 1.807) is 13.3 Å². The zero-order valence-electron chi connectivity index (χ0n) is 10.4. The Kier molecular flexibility index (Phi) is 4.04. The van der Waals surface area contributed by atoms with Crippen molar-refractivity contribution >= 4 is 15.9 Å². The van der Waals surface area contributed by atoms with E-state index in [-0.39, 0.29) is 6.04 Å². The number of rotatable bonds is 4. The molecule has 5 heteroatoms. The van der Waals surface area contributed by atoms with Crippen LogP contribution in [0.1, 0.15) is 17.4 Å². The average molecular weight is 310 g/mol. The summed E-state index contributed by atoms with van der Waals surface area (Å²) in [5, 5.41) is 0. The van der Waals surface area contributed by atoms with Gasteiger partial charge >= 0.3 is 0 Å². The number of ether oxygens (including phenoxy) is 1. The molecule has 0 bridgehead atoms. The fraction of sp³-hybridized carbons (Fsp3) is 0.308. The molecule has 0 saturated heterocycles. The van der Waals surface area contributed by atoms with E-state index in [9.17, 15) is 0 Å². The van der Waals surface area contributed by atoms with E-state index < -0.39 is 0 Å². The van der Waals surface area contributed by atoms with Gasteiger partial charge in [0.1, 0.15) is 11.6 Å². The summed E-state index contributed by atoms with van der Waals surface area (Å²) in [7, 11) is 3.61. The van der Waals surface area contributed by atoms with Gasteiger partial charge in [0.05, 0.1) is 13.2 Å². The van der Waals surface area contributed by atoms with Crippen LogP contribution in [-0.4, -0.2) is 16.7 Å². The van der Waals surface area contributed by atoms with E-state index >= 15 is 0 Å². The molecular weight excluding hydrogens is 294 g/mol. The average Bonchev–Trinajstić information content (AvgIpc) is 2.76. The third kappa shape index (κ3) is 2.73. The van der Waals surface area contributed by atoms with Crippen molar-refractivity contribution in [2.75, 3.05) is 7.11 Å². The Balaban J connectivity index is 2.23. The van der Waals surface area contributed by atoms with Crippen molar-refractivity contribution in [3.63, 3.8) is 0 Å². The number of hydrogen-bond donors (Lipinski definition) is 1. The van der Waals surface area contributed by atoms with E-state index in [2.05, 4.69) is 20.9 Å². The highest BCUT2D eigenvalue weighted by molar-refractivity contribution is 9.10. The molecule has 1 atom stereocenters. The van der Waals surface area contributed by atoms with Crippen molar-refractivity contribution in [2.24, 2.45) is 12.8 Å². The second-order valence-electron chi connectivity index (χ2n) is 4.16. The molecule has 1 aromatic heterocycles. The molecule has 2 rings (SSSR count). The molecule has 0 aliphatic heterocycles. The summed E-state index contributed by atoms with van der Waals surface area (Å²) in [4.78, 5) is 4.28. The lowest BCUT2D eigenvalue weighted by atomic mass is 10.0. The quantitative estimate of drug-likeness (QED) is 0.943. The minimum Gasteiger partial charge on any atom is -0.496 e. The predicted octanol–water partition coefficient (Wildman–Crippen LogP) is 2.43. The van der Waals surface area contributed by atoms with Crippen LogP contribution >= 0.6 is 15.9 Å². The molecule has 0 aliphatic carbocycles. The second kappa shape index (κ2) is 5.54.